The van der Waals surface area contributed by atoms with E-state index in [4.69, 9.17) is 14.6 Å². The van der Waals surface area contributed by atoms with E-state index in [1.807, 2.05) is 0 Å². The highest BCUT2D eigenvalue weighted by atomic mass is 16.5. The van der Waals surface area contributed by atoms with Gasteiger partial charge in [0.1, 0.15) is 0 Å². The van der Waals surface area contributed by atoms with Crippen LogP contribution < -0.4 is 9.47 Å². The van der Waals surface area contributed by atoms with Crippen molar-refractivity contribution < 1.29 is 19.4 Å². The molecule has 1 aromatic carbocycles. The van der Waals surface area contributed by atoms with Crippen LogP contribution >= 0.6 is 0 Å². The van der Waals surface area contributed by atoms with Crippen molar-refractivity contribution in [3.8, 4) is 11.5 Å². The molecule has 1 aromatic rings. The third-order valence-electron chi connectivity index (χ3n) is 2.09. The molecule has 1 N–H and O–H groups in total. The molecule has 0 saturated heterocycles. The number of carbonyl (C=O) groups is 1. The largest absolute Gasteiger partial charge is 0.493 e. The quantitative estimate of drug-likeness (QED) is 0.738. The Morgan fingerprint density at radius 1 is 1.33 bits per heavy atom. The van der Waals surface area contributed by atoms with Crippen LogP contribution in [0, 0.1) is 0 Å². The summed E-state index contributed by atoms with van der Waals surface area (Å²) in [4.78, 5) is 10.8. The first-order chi connectivity index (χ1) is 7.26. The van der Waals surface area contributed by atoms with Crippen molar-refractivity contribution in [2.24, 2.45) is 0 Å². The summed E-state index contributed by atoms with van der Waals surface area (Å²) in [6.45, 7) is 0.0355. The van der Waals surface area contributed by atoms with Gasteiger partial charge < -0.3 is 14.6 Å². The number of aliphatic hydroxyl groups is 1. The Labute approximate surface area is 88.4 Å². The maximum absolute atomic E-state index is 10.8. The molecule has 0 heterocycles. The van der Waals surface area contributed by atoms with Crippen LogP contribution in [0.1, 0.15) is 15.9 Å². The number of benzene rings is 1. The van der Waals surface area contributed by atoms with Gasteiger partial charge in [-0.15, -0.1) is 0 Å². The van der Waals surface area contributed by atoms with E-state index < -0.39 is 0 Å². The van der Waals surface area contributed by atoms with Crippen molar-refractivity contribution in [1.29, 1.82) is 0 Å². The Balaban J connectivity index is 3.22. The lowest BCUT2D eigenvalue weighted by Crippen LogP contribution is -1.99. The lowest BCUT2D eigenvalue weighted by molar-refractivity contribution is 0.111. The number of rotatable bonds is 5. The fourth-order valence-electron chi connectivity index (χ4n) is 1.41. The van der Waals surface area contributed by atoms with Crippen LogP contribution in [0.15, 0.2) is 12.1 Å². The molecule has 0 aromatic heterocycles. The maximum atomic E-state index is 10.8. The first kappa shape index (κ1) is 11.5. The van der Waals surface area contributed by atoms with Gasteiger partial charge in [0.25, 0.3) is 0 Å². The van der Waals surface area contributed by atoms with Crippen molar-refractivity contribution in [1.82, 2.24) is 0 Å². The van der Waals surface area contributed by atoms with Crippen molar-refractivity contribution in [2.75, 3.05) is 20.8 Å². The first-order valence-corrected chi connectivity index (χ1v) is 4.57. The Morgan fingerprint density at radius 3 is 2.53 bits per heavy atom. The Hall–Kier alpha value is -1.55. The van der Waals surface area contributed by atoms with E-state index in [1.54, 1.807) is 12.1 Å². The zero-order valence-corrected chi connectivity index (χ0v) is 8.82. The van der Waals surface area contributed by atoms with E-state index in [1.165, 1.54) is 14.2 Å². The molecule has 0 saturated carbocycles. The summed E-state index contributed by atoms with van der Waals surface area (Å²) in [6, 6.07) is 3.44. The SMILES string of the molecule is COc1cc(CCO)cc(C=O)c1OC. The zero-order chi connectivity index (χ0) is 11.3. The predicted molar refractivity (Wildman–Crippen MR) is 55.7 cm³/mol. The average Bonchev–Trinajstić information content (AvgIpc) is 2.28. The molecule has 0 atom stereocenters. The van der Waals surface area contributed by atoms with E-state index in [0.717, 1.165) is 5.56 Å². The molecule has 0 unspecified atom stereocenters. The smallest absolute Gasteiger partial charge is 0.171 e. The van der Waals surface area contributed by atoms with Crippen LogP contribution in [0.3, 0.4) is 0 Å². The van der Waals surface area contributed by atoms with Gasteiger partial charge in [-0.3, -0.25) is 4.79 Å². The zero-order valence-electron chi connectivity index (χ0n) is 8.82. The molecule has 0 aliphatic heterocycles. The lowest BCUT2D eigenvalue weighted by Gasteiger charge is -2.11. The number of hydrogen-bond donors (Lipinski definition) is 1. The third-order valence-corrected chi connectivity index (χ3v) is 2.09. The monoisotopic (exact) mass is 210 g/mol. The second-order valence-corrected chi connectivity index (χ2v) is 3.01. The van der Waals surface area contributed by atoms with Gasteiger partial charge in [-0.2, -0.15) is 0 Å². The second-order valence-electron chi connectivity index (χ2n) is 3.01. The number of aldehydes is 1. The molecule has 0 spiro atoms. The van der Waals surface area contributed by atoms with E-state index in [-0.39, 0.29) is 6.61 Å². The number of carbonyl (C=O) groups excluding carboxylic acids is 1. The van der Waals surface area contributed by atoms with Gasteiger partial charge in [0.05, 0.1) is 19.8 Å². The normalized spacial score (nSPS) is 9.80. The van der Waals surface area contributed by atoms with Gasteiger partial charge in [-0.25, -0.2) is 0 Å². The van der Waals surface area contributed by atoms with Crippen LogP contribution in [-0.4, -0.2) is 32.2 Å². The molecule has 0 aliphatic carbocycles. The maximum Gasteiger partial charge on any atom is 0.171 e. The summed E-state index contributed by atoms with van der Waals surface area (Å²) in [5.74, 6) is 0.930. The highest BCUT2D eigenvalue weighted by molar-refractivity contribution is 5.81. The summed E-state index contributed by atoms with van der Waals surface area (Å²) in [7, 11) is 2.99. The number of ether oxygens (including phenoxy) is 2. The molecule has 15 heavy (non-hydrogen) atoms. The van der Waals surface area contributed by atoms with E-state index >= 15 is 0 Å². The van der Waals surface area contributed by atoms with Gasteiger partial charge in [0, 0.05) is 6.61 Å². The average molecular weight is 210 g/mol. The third kappa shape index (κ3) is 2.47. The Kier molecular flexibility index (Phi) is 4.12. The van der Waals surface area contributed by atoms with Crippen LogP contribution in [0.5, 0.6) is 11.5 Å². The van der Waals surface area contributed by atoms with E-state index in [0.29, 0.717) is 29.8 Å². The molecule has 82 valence electrons. The fourth-order valence-corrected chi connectivity index (χ4v) is 1.41. The van der Waals surface area contributed by atoms with Gasteiger partial charge >= 0.3 is 0 Å². The summed E-state index contributed by atoms with van der Waals surface area (Å²) < 4.78 is 10.2. The van der Waals surface area contributed by atoms with Gasteiger partial charge in [0.15, 0.2) is 17.8 Å². The van der Waals surface area contributed by atoms with Crippen molar-refractivity contribution >= 4 is 6.29 Å². The lowest BCUT2D eigenvalue weighted by atomic mass is 10.1. The number of hydrogen-bond acceptors (Lipinski definition) is 4. The molecule has 4 heteroatoms. The summed E-state index contributed by atoms with van der Waals surface area (Å²) in [5.41, 5.74) is 1.28. The van der Waals surface area contributed by atoms with Crippen molar-refractivity contribution in [3.05, 3.63) is 23.3 Å². The van der Waals surface area contributed by atoms with E-state index in [9.17, 15) is 4.79 Å². The Morgan fingerprint density at radius 2 is 2.07 bits per heavy atom. The standard InChI is InChI=1S/C11H14O4/c1-14-10-6-8(3-4-12)5-9(7-13)11(10)15-2/h5-7,12H,3-4H2,1-2H3. The first-order valence-electron chi connectivity index (χ1n) is 4.57. The molecule has 0 fully saturated rings. The summed E-state index contributed by atoms with van der Waals surface area (Å²) >= 11 is 0. The second kappa shape index (κ2) is 5.36. The van der Waals surface area contributed by atoms with Crippen LogP contribution in [0.25, 0.3) is 0 Å². The van der Waals surface area contributed by atoms with Crippen molar-refractivity contribution in [3.63, 3.8) is 0 Å². The van der Waals surface area contributed by atoms with Crippen LogP contribution in [0.2, 0.25) is 0 Å². The number of aliphatic hydroxyl groups excluding tert-OH is 1. The molecule has 0 amide bonds. The molecule has 0 bridgehead atoms. The minimum Gasteiger partial charge on any atom is -0.493 e. The highest BCUT2D eigenvalue weighted by Crippen LogP contribution is 2.31. The van der Waals surface area contributed by atoms with Gasteiger partial charge in [-0.05, 0) is 24.1 Å². The topological polar surface area (TPSA) is 55.8 Å². The van der Waals surface area contributed by atoms with Crippen molar-refractivity contribution in [2.45, 2.75) is 6.42 Å². The highest BCUT2D eigenvalue weighted by Gasteiger charge is 2.11. The molecule has 4 nitrogen and oxygen atoms in total. The predicted octanol–water partition coefficient (Wildman–Crippen LogP) is 1.05. The summed E-state index contributed by atoms with van der Waals surface area (Å²) in [5, 5.41) is 8.81. The van der Waals surface area contributed by atoms with Crippen LogP contribution in [-0.2, 0) is 6.42 Å². The molecular formula is C11H14O4. The van der Waals surface area contributed by atoms with Gasteiger partial charge in [0.2, 0.25) is 0 Å². The number of methoxy groups -OCH3 is 2. The molecular weight excluding hydrogens is 196 g/mol. The van der Waals surface area contributed by atoms with Crippen LogP contribution in [0.4, 0.5) is 0 Å². The van der Waals surface area contributed by atoms with E-state index in [2.05, 4.69) is 0 Å². The molecule has 0 radical (unpaired) electrons. The minimum atomic E-state index is 0.0355. The Bertz CT molecular complexity index is 347. The summed E-state index contributed by atoms with van der Waals surface area (Å²) in [6.07, 6.45) is 1.20. The fraction of sp³-hybridized carbons (Fsp3) is 0.364. The van der Waals surface area contributed by atoms with Gasteiger partial charge in [-0.1, -0.05) is 0 Å². The molecule has 1 rings (SSSR count). The minimum absolute atomic E-state index is 0.0355. The molecule has 0 aliphatic rings.